The second-order valence-electron chi connectivity index (χ2n) is 12.2. The molecule has 49 heavy (non-hydrogen) atoms. The SMILES string of the molecule is CC1(C)C(=O)N(c2ccc([N+](=O)[O-])cc2C(F)(F)F)C(=O)N1CCCCCN1C(=O)N(c2ccc([N+](=O)[O-])cc2C(F)(F)F)C(=O)C1(C)C. The zero-order valence-electron chi connectivity index (χ0n) is 26.2. The highest BCUT2D eigenvalue weighted by atomic mass is 19.4. The highest BCUT2D eigenvalue weighted by molar-refractivity contribution is 6.24. The van der Waals surface area contributed by atoms with E-state index in [1.54, 1.807) is 0 Å². The van der Waals surface area contributed by atoms with E-state index in [1.807, 2.05) is 0 Å². The predicted molar refractivity (Wildman–Crippen MR) is 157 cm³/mol. The normalized spacial score (nSPS) is 17.8. The molecule has 2 aromatic rings. The monoisotopic (exact) mass is 702 g/mol. The summed E-state index contributed by atoms with van der Waals surface area (Å²) < 4.78 is 83.0. The summed E-state index contributed by atoms with van der Waals surface area (Å²) in [5.41, 5.74) is -9.92. The van der Waals surface area contributed by atoms with Crippen molar-refractivity contribution in [1.82, 2.24) is 9.80 Å². The molecule has 0 saturated carbocycles. The minimum atomic E-state index is -5.15. The van der Waals surface area contributed by atoms with Gasteiger partial charge in [0.2, 0.25) is 0 Å². The van der Waals surface area contributed by atoms with Gasteiger partial charge in [0.25, 0.3) is 23.2 Å². The van der Waals surface area contributed by atoms with E-state index in [4.69, 9.17) is 0 Å². The molecule has 2 aliphatic heterocycles. The molecule has 0 N–H and O–H groups in total. The Kier molecular flexibility index (Phi) is 9.17. The first kappa shape index (κ1) is 36.5. The number of nitrogens with zero attached hydrogens (tertiary/aromatic N) is 6. The first-order valence-electron chi connectivity index (χ1n) is 14.5. The summed E-state index contributed by atoms with van der Waals surface area (Å²) in [7, 11) is 0. The second kappa shape index (κ2) is 12.3. The molecule has 0 aliphatic carbocycles. The van der Waals surface area contributed by atoms with E-state index in [-0.39, 0.29) is 44.5 Å². The number of carbonyl (C=O) groups is 4. The second-order valence-corrected chi connectivity index (χ2v) is 12.2. The molecular weight excluding hydrogens is 674 g/mol. The van der Waals surface area contributed by atoms with Crippen molar-refractivity contribution in [2.75, 3.05) is 22.9 Å². The van der Waals surface area contributed by atoms with Gasteiger partial charge in [-0.25, -0.2) is 19.4 Å². The maximum Gasteiger partial charge on any atom is 0.418 e. The van der Waals surface area contributed by atoms with Crippen LogP contribution in [0.5, 0.6) is 0 Å². The van der Waals surface area contributed by atoms with E-state index in [2.05, 4.69) is 0 Å². The zero-order valence-corrected chi connectivity index (χ0v) is 26.2. The van der Waals surface area contributed by atoms with Crippen molar-refractivity contribution in [3.8, 4) is 0 Å². The first-order valence-corrected chi connectivity index (χ1v) is 14.5. The van der Waals surface area contributed by atoms with Gasteiger partial charge in [0, 0.05) is 37.4 Å². The highest BCUT2D eigenvalue weighted by Crippen LogP contribution is 2.44. The zero-order chi connectivity index (χ0) is 37.0. The van der Waals surface area contributed by atoms with Crippen LogP contribution in [0.25, 0.3) is 0 Å². The van der Waals surface area contributed by atoms with Crippen LogP contribution in [0.2, 0.25) is 0 Å². The van der Waals surface area contributed by atoms with Crippen molar-refractivity contribution in [2.24, 2.45) is 0 Å². The Morgan fingerprint density at radius 2 is 0.939 bits per heavy atom. The van der Waals surface area contributed by atoms with Crippen molar-refractivity contribution < 1.29 is 55.4 Å². The van der Waals surface area contributed by atoms with E-state index in [1.165, 1.54) is 27.7 Å². The van der Waals surface area contributed by atoms with Gasteiger partial charge in [0.05, 0.1) is 32.3 Å². The fraction of sp³-hybridized carbons (Fsp3) is 0.448. The number of benzene rings is 2. The van der Waals surface area contributed by atoms with Crippen molar-refractivity contribution in [3.63, 3.8) is 0 Å². The predicted octanol–water partition coefficient (Wildman–Crippen LogP) is 6.51. The molecule has 6 amide bonds. The van der Waals surface area contributed by atoms with Gasteiger partial charge in [0.1, 0.15) is 11.1 Å². The summed E-state index contributed by atoms with van der Waals surface area (Å²) in [5.74, 6) is -2.02. The summed E-state index contributed by atoms with van der Waals surface area (Å²) in [6.45, 7) is 4.94. The summed E-state index contributed by atoms with van der Waals surface area (Å²) in [6, 6.07) is 1.06. The Balaban J connectivity index is 1.47. The lowest BCUT2D eigenvalue weighted by atomic mass is 10.0. The Morgan fingerprint density at radius 3 is 1.22 bits per heavy atom. The van der Waals surface area contributed by atoms with Crippen LogP contribution >= 0.6 is 0 Å². The van der Waals surface area contributed by atoms with E-state index in [0.29, 0.717) is 21.9 Å². The molecule has 2 heterocycles. The molecular formula is C29H28F6N6O8. The quantitative estimate of drug-likeness (QED) is 0.0888. The Labute approximate surface area is 273 Å². The van der Waals surface area contributed by atoms with Crippen LogP contribution < -0.4 is 9.80 Å². The number of urea groups is 2. The van der Waals surface area contributed by atoms with Crippen LogP contribution in [0.3, 0.4) is 0 Å². The fourth-order valence-corrected chi connectivity index (χ4v) is 5.68. The number of unbranched alkanes of at least 4 members (excludes halogenated alkanes) is 2. The highest BCUT2D eigenvalue weighted by Gasteiger charge is 2.55. The number of hydrogen-bond donors (Lipinski definition) is 0. The number of alkyl halides is 6. The van der Waals surface area contributed by atoms with Gasteiger partial charge < -0.3 is 9.80 Å². The average molecular weight is 703 g/mol. The fourth-order valence-electron chi connectivity index (χ4n) is 5.68. The van der Waals surface area contributed by atoms with Crippen LogP contribution in [-0.4, -0.2) is 67.7 Å². The van der Waals surface area contributed by atoms with Crippen LogP contribution in [-0.2, 0) is 21.9 Å². The third-order valence-electron chi connectivity index (χ3n) is 8.38. The molecule has 0 atom stereocenters. The molecule has 0 aromatic heterocycles. The molecule has 2 fully saturated rings. The van der Waals surface area contributed by atoms with E-state index >= 15 is 0 Å². The lowest BCUT2D eigenvalue weighted by Crippen LogP contribution is -2.45. The number of non-ortho nitro benzene ring substituents is 2. The number of nitro benzene ring substituents is 2. The number of hydrogen-bond acceptors (Lipinski definition) is 8. The Hall–Kier alpha value is -5.30. The molecule has 0 bridgehead atoms. The maximum atomic E-state index is 13.8. The molecule has 4 rings (SSSR count). The standard InChI is InChI=1S/C29H28F6N6O8/c1-26(2)22(42)38(20-10-8-16(40(46)47)14-18(20)28(30,31)32)24(44)36(26)12-6-5-7-13-37-25(45)39(23(43)27(37,3)4)21-11-9-17(41(48)49)15-19(21)29(33,34)35/h8-11,14-15H,5-7,12-13H2,1-4H3. The number of imide groups is 2. The van der Waals surface area contributed by atoms with Gasteiger partial charge in [-0.15, -0.1) is 0 Å². The first-order chi connectivity index (χ1) is 22.4. The largest absolute Gasteiger partial charge is 0.418 e. The molecule has 0 radical (unpaired) electrons. The van der Waals surface area contributed by atoms with Crippen molar-refractivity contribution in [1.29, 1.82) is 0 Å². The van der Waals surface area contributed by atoms with Crippen molar-refractivity contribution in [2.45, 2.75) is 70.4 Å². The molecule has 2 aliphatic rings. The van der Waals surface area contributed by atoms with Crippen LogP contribution in [0.1, 0.15) is 58.1 Å². The molecule has 2 aromatic carbocycles. The van der Waals surface area contributed by atoms with E-state index < -0.39 is 91.0 Å². The topological polar surface area (TPSA) is 168 Å². The smallest absolute Gasteiger partial charge is 0.310 e. The molecule has 14 nitrogen and oxygen atoms in total. The lowest BCUT2D eigenvalue weighted by molar-refractivity contribution is -0.385. The lowest BCUT2D eigenvalue weighted by Gasteiger charge is -2.29. The molecule has 264 valence electrons. The average Bonchev–Trinajstić information content (AvgIpc) is 3.26. The molecule has 20 heteroatoms. The number of halogens is 6. The number of nitro groups is 2. The van der Waals surface area contributed by atoms with Crippen LogP contribution in [0.4, 0.5) is 58.7 Å². The van der Waals surface area contributed by atoms with Crippen molar-refractivity contribution >= 4 is 46.6 Å². The van der Waals surface area contributed by atoms with Gasteiger partial charge in [-0.05, 0) is 59.1 Å². The van der Waals surface area contributed by atoms with Crippen LogP contribution in [0.15, 0.2) is 36.4 Å². The third kappa shape index (κ3) is 6.45. The van der Waals surface area contributed by atoms with Gasteiger partial charge in [-0.1, -0.05) is 0 Å². The Morgan fingerprint density at radius 1 is 0.612 bits per heavy atom. The minimum absolute atomic E-state index is 0.142. The molecule has 0 spiro atoms. The number of rotatable bonds is 10. The Bertz CT molecular complexity index is 1630. The van der Waals surface area contributed by atoms with Crippen LogP contribution in [0, 0.1) is 20.2 Å². The number of anilines is 2. The van der Waals surface area contributed by atoms with E-state index in [9.17, 15) is 65.7 Å². The van der Waals surface area contributed by atoms with E-state index in [0.717, 1.165) is 21.9 Å². The summed E-state index contributed by atoms with van der Waals surface area (Å²) in [4.78, 5) is 75.7. The van der Waals surface area contributed by atoms with Gasteiger partial charge in [-0.2, -0.15) is 26.3 Å². The number of amides is 6. The summed E-state index contributed by atoms with van der Waals surface area (Å²) in [5, 5.41) is 22.1. The van der Waals surface area contributed by atoms with Crippen molar-refractivity contribution in [3.05, 3.63) is 67.8 Å². The summed E-state index contributed by atoms with van der Waals surface area (Å²) >= 11 is 0. The van der Waals surface area contributed by atoms with Gasteiger partial charge >= 0.3 is 24.4 Å². The minimum Gasteiger partial charge on any atom is -0.310 e. The van der Waals surface area contributed by atoms with Gasteiger partial charge in [0.15, 0.2) is 0 Å². The molecule has 0 unspecified atom stereocenters. The summed E-state index contributed by atoms with van der Waals surface area (Å²) in [6.07, 6.45) is -9.79. The third-order valence-corrected chi connectivity index (χ3v) is 8.38. The molecule has 2 saturated heterocycles. The van der Waals surface area contributed by atoms with Gasteiger partial charge in [-0.3, -0.25) is 29.8 Å². The number of carbonyl (C=O) groups excluding carboxylic acids is 4. The maximum absolute atomic E-state index is 13.8.